The van der Waals surface area contributed by atoms with Crippen molar-refractivity contribution >= 4 is 29.2 Å². The number of benzene rings is 1. The van der Waals surface area contributed by atoms with Gasteiger partial charge in [0.2, 0.25) is 11.8 Å². The summed E-state index contributed by atoms with van der Waals surface area (Å²) in [7, 11) is 1.55. The fourth-order valence-corrected chi connectivity index (χ4v) is 3.48. The highest BCUT2D eigenvalue weighted by molar-refractivity contribution is 5.96. The lowest BCUT2D eigenvalue weighted by Crippen LogP contribution is -2.38. The van der Waals surface area contributed by atoms with Crippen LogP contribution in [0.3, 0.4) is 0 Å². The molecule has 1 fully saturated rings. The van der Waals surface area contributed by atoms with Crippen molar-refractivity contribution in [3.63, 3.8) is 0 Å². The standard InChI is InChI=1S/C24H30N6O3/c1-4-18-21(16-9-10-16)29-24(22(28-18)23(25)33)27-17-8-6-7-15(13-17)11-12-26-19(31)14-30(3)20(32)5-2/h5-8,13,16H,2,4,9-12,14H2,1,3H3,(H2,25,33)(H,26,31)(H,27,29). The van der Waals surface area contributed by atoms with Crippen LogP contribution < -0.4 is 16.4 Å². The molecule has 1 aliphatic rings. The SMILES string of the molecule is C=CC(=O)N(C)CC(=O)NCCc1cccc(Nc2nc(C3CC3)c(CC)nc2C(N)=O)c1. The third kappa shape index (κ3) is 6.38. The van der Waals surface area contributed by atoms with Gasteiger partial charge < -0.3 is 21.3 Å². The van der Waals surface area contributed by atoms with Gasteiger partial charge in [-0.25, -0.2) is 9.97 Å². The topological polar surface area (TPSA) is 130 Å². The van der Waals surface area contributed by atoms with Crippen molar-refractivity contribution in [2.24, 2.45) is 5.73 Å². The lowest BCUT2D eigenvalue weighted by Gasteiger charge is -2.15. The first-order valence-corrected chi connectivity index (χ1v) is 11.0. The highest BCUT2D eigenvalue weighted by Gasteiger charge is 2.30. The van der Waals surface area contributed by atoms with Crippen LogP contribution in [0.1, 0.15) is 53.1 Å². The first-order chi connectivity index (χ1) is 15.8. The molecular weight excluding hydrogens is 420 g/mol. The Bertz CT molecular complexity index is 1060. The van der Waals surface area contributed by atoms with Crippen molar-refractivity contribution in [3.05, 3.63) is 59.6 Å². The molecule has 2 aromatic rings. The zero-order valence-electron chi connectivity index (χ0n) is 19.1. The molecule has 1 aromatic heterocycles. The molecule has 0 unspecified atom stereocenters. The van der Waals surface area contributed by atoms with E-state index in [2.05, 4.69) is 22.2 Å². The van der Waals surface area contributed by atoms with E-state index in [0.29, 0.717) is 31.1 Å². The van der Waals surface area contributed by atoms with Crippen LogP contribution in [0.4, 0.5) is 11.5 Å². The van der Waals surface area contributed by atoms with Crippen LogP contribution in [-0.4, -0.2) is 52.7 Å². The average molecular weight is 451 g/mol. The molecule has 0 atom stereocenters. The molecule has 33 heavy (non-hydrogen) atoms. The number of likely N-dealkylation sites (N-methyl/N-ethyl adjacent to an activating group) is 1. The van der Waals surface area contributed by atoms with Crippen molar-refractivity contribution in [3.8, 4) is 0 Å². The Balaban J connectivity index is 1.66. The van der Waals surface area contributed by atoms with Crippen molar-refractivity contribution in [2.75, 3.05) is 25.5 Å². The van der Waals surface area contributed by atoms with Gasteiger partial charge in [-0.15, -0.1) is 0 Å². The lowest BCUT2D eigenvalue weighted by molar-refractivity contribution is -0.131. The Morgan fingerprint density at radius 2 is 2.03 bits per heavy atom. The summed E-state index contributed by atoms with van der Waals surface area (Å²) in [5.41, 5.74) is 9.19. The molecule has 1 aliphatic carbocycles. The molecule has 0 bridgehead atoms. The summed E-state index contributed by atoms with van der Waals surface area (Å²) in [6, 6.07) is 7.63. The molecule has 9 heteroatoms. The van der Waals surface area contributed by atoms with E-state index in [-0.39, 0.29) is 24.1 Å². The lowest BCUT2D eigenvalue weighted by atomic mass is 10.1. The Labute approximate surface area is 193 Å². The zero-order chi connectivity index (χ0) is 24.0. The van der Waals surface area contributed by atoms with E-state index >= 15 is 0 Å². The Hall–Kier alpha value is -3.75. The van der Waals surface area contributed by atoms with Crippen molar-refractivity contribution in [1.29, 1.82) is 0 Å². The summed E-state index contributed by atoms with van der Waals surface area (Å²) in [5.74, 6) is -0.417. The Kier molecular flexibility index (Phi) is 7.76. The molecule has 1 heterocycles. The van der Waals surface area contributed by atoms with E-state index in [4.69, 9.17) is 10.7 Å². The van der Waals surface area contributed by atoms with E-state index in [9.17, 15) is 14.4 Å². The summed E-state index contributed by atoms with van der Waals surface area (Å²) < 4.78 is 0. The number of anilines is 2. The monoisotopic (exact) mass is 450 g/mol. The predicted octanol–water partition coefficient (Wildman–Crippen LogP) is 2.06. The van der Waals surface area contributed by atoms with Crippen LogP contribution in [0.15, 0.2) is 36.9 Å². The number of carbonyl (C=O) groups excluding carboxylic acids is 3. The Morgan fingerprint density at radius 3 is 2.67 bits per heavy atom. The van der Waals surface area contributed by atoms with Gasteiger partial charge in [0.05, 0.1) is 17.9 Å². The molecule has 0 saturated heterocycles. The van der Waals surface area contributed by atoms with Gasteiger partial charge >= 0.3 is 0 Å². The number of rotatable bonds is 11. The molecule has 3 rings (SSSR count). The molecule has 174 valence electrons. The largest absolute Gasteiger partial charge is 0.364 e. The van der Waals surface area contributed by atoms with Crippen LogP contribution in [0.25, 0.3) is 0 Å². The zero-order valence-corrected chi connectivity index (χ0v) is 19.1. The number of aromatic nitrogens is 2. The molecule has 3 amide bonds. The van der Waals surface area contributed by atoms with Crippen molar-refractivity contribution < 1.29 is 14.4 Å². The van der Waals surface area contributed by atoms with Gasteiger partial charge in [-0.1, -0.05) is 25.6 Å². The number of hydrogen-bond acceptors (Lipinski definition) is 6. The third-order valence-corrected chi connectivity index (χ3v) is 5.39. The molecule has 1 saturated carbocycles. The highest BCUT2D eigenvalue weighted by Crippen LogP contribution is 2.41. The number of nitrogens with zero attached hydrogens (tertiary/aromatic N) is 3. The average Bonchev–Trinajstić information content (AvgIpc) is 3.63. The summed E-state index contributed by atoms with van der Waals surface area (Å²) in [6.45, 7) is 5.79. The number of carbonyl (C=O) groups is 3. The summed E-state index contributed by atoms with van der Waals surface area (Å²) in [6.07, 6.45) is 4.61. The minimum atomic E-state index is -0.624. The van der Waals surface area contributed by atoms with Gasteiger partial charge in [-0.05, 0) is 49.5 Å². The summed E-state index contributed by atoms with van der Waals surface area (Å²) in [4.78, 5) is 46.0. The maximum Gasteiger partial charge on any atom is 0.271 e. The van der Waals surface area contributed by atoms with Gasteiger partial charge in [0.1, 0.15) is 0 Å². The van der Waals surface area contributed by atoms with Gasteiger partial charge in [-0.2, -0.15) is 0 Å². The molecule has 0 spiro atoms. The number of nitrogens with one attached hydrogen (secondary N) is 2. The Morgan fingerprint density at radius 1 is 1.27 bits per heavy atom. The highest BCUT2D eigenvalue weighted by atomic mass is 16.2. The van der Waals surface area contributed by atoms with Crippen LogP contribution >= 0.6 is 0 Å². The van der Waals surface area contributed by atoms with Gasteiger partial charge in [0.15, 0.2) is 11.5 Å². The molecule has 4 N–H and O–H groups in total. The van der Waals surface area contributed by atoms with Gasteiger partial charge in [0, 0.05) is 25.2 Å². The van der Waals surface area contributed by atoms with Gasteiger partial charge in [0.25, 0.3) is 5.91 Å². The first-order valence-electron chi connectivity index (χ1n) is 11.0. The number of amides is 3. The van der Waals surface area contributed by atoms with Crippen LogP contribution in [0, 0.1) is 0 Å². The fraction of sp³-hybridized carbons (Fsp3) is 0.375. The molecule has 0 aliphatic heterocycles. The predicted molar refractivity (Wildman–Crippen MR) is 126 cm³/mol. The molecule has 9 nitrogen and oxygen atoms in total. The number of aryl methyl sites for hydroxylation is 1. The smallest absolute Gasteiger partial charge is 0.271 e. The van der Waals surface area contributed by atoms with Crippen LogP contribution in [0.5, 0.6) is 0 Å². The van der Waals surface area contributed by atoms with E-state index in [1.54, 1.807) is 7.05 Å². The minimum absolute atomic E-state index is 0.0297. The second-order valence-corrected chi connectivity index (χ2v) is 8.07. The van der Waals surface area contributed by atoms with Gasteiger partial charge in [-0.3, -0.25) is 14.4 Å². The normalized spacial score (nSPS) is 12.7. The number of nitrogens with two attached hydrogens (primary N) is 1. The van der Waals surface area contributed by atoms with Crippen LogP contribution in [-0.2, 0) is 22.4 Å². The summed E-state index contributed by atoms with van der Waals surface area (Å²) in [5, 5.41) is 6.00. The minimum Gasteiger partial charge on any atom is -0.364 e. The van der Waals surface area contributed by atoms with Crippen LogP contribution in [0.2, 0.25) is 0 Å². The molecule has 0 radical (unpaired) electrons. The van der Waals surface area contributed by atoms with Crippen molar-refractivity contribution in [2.45, 2.75) is 38.5 Å². The second-order valence-electron chi connectivity index (χ2n) is 8.07. The van der Waals surface area contributed by atoms with Crippen molar-refractivity contribution in [1.82, 2.24) is 20.2 Å². The fourth-order valence-electron chi connectivity index (χ4n) is 3.48. The number of hydrogen-bond donors (Lipinski definition) is 3. The maximum atomic E-state index is 12.0. The second kappa shape index (κ2) is 10.7. The quantitative estimate of drug-likeness (QED) is 0.449. The maximum absolute atomic E-state index is 12.0. The number of primary amides is 1. The summed E-state index contributed by atoms with van der Waals surface area (Å²) >= 11 is 0. The third-order valence-electron chi connectivity index (χ3n) is 5.39. The van der Waals surface area contributed by atoms with E-state index in [1.807, 2.05) is 31.2 Å². The molecular formula is C24H30N6O3. The van der Waals surface area contributed by atoms with E-state index in [1.165, 1.54) is 11.0 Å². The van der Waals surface area contributed by atoms with E-state index < -0.39 is 5.91 Å². The first kappa shape index (κ1) is 23.9. The van der Waals surface area contributed by atoms with E-state index in [0.717, 1.165) is 35.5 Å². The molecule has 1 aromatic carbocycles.